The van der Waals surface area contributed by atoms with Crippen LogP contribution in [0.15, 0.2) is 52.5 Å². The molecule has 3 rings (SSSR count). The predicted molar refractivity (Wildman–Crippen MR) is 82.7 cm³/mol. The highest BCUT2D eigenvalue weighted by Gasteiger charge is 2.35. The Morgan fingerprint density at radius 1 is 1.14 bits per heavy atom. The van der Waals surface area contributed by atoms with Gasteiger partial charge < -0.3 is 9.47 Å². The van der Waals surface area contributed by atoms with Crippen LogP contribution in [0.5, 0.6) is 0 Å². The average molecular weight is 338 g/mol. The summed E-state index contributed by atoms with van der Waals surface area (Å²) in [5, 5.41) is 4.11. The van der Waals surface area contributed by atoms with Crippen molar-refractivity contribution in [1.29, 1.82) is 0 Å². The molecule has 0 spiro atoms. The molecule has 5 nitrogen and oxygen atoms in total. The number of nitrogens with one attached hydrogen (secondary N) is 1. The summed E-state index contributed by atoms with van der Waals surface area (Å²) >= 11 is 11.3. The SMILES string of the molecule is O=C(Nc1ccc2ccccc2c1)OC1OC(=O)C(Cl)=C1Cl. The van der Waals surface area contributed by atoms with Gasteiger partial charge in [0.25, 0.3) is 6.29 Å². The molecule has 1 atom stereocenters. The predicted octanol–water partition coefficient (Wildman–Crippen LogP) is 3.96. The first-order chi connectivity index (χ1) is 10.5. The number of carbonyl (C=O) groups is 2. The van der Waals surface area contributed by atoms with Gasteiger partial charge in [0.2, 0.25) is 0 Å². The molecular weight excluding hydrogens is 329 g/mol. The lowest BCUT2D eigenvalue weighted by Crippen LogP contribution is -2.23. The van der Waals surface area contributed by atoms with Crippen LogP contribution in [0.2, 0.25) is 0 Å². The fourth-order valence-electron chi connectivity index (χ4n) is 1.99. The number of halogens is 2. The molecule has 0 bridgehead atoms. The molecule has 7 heteroatoms. The summed E-state index contributed by atoms with van der Waals surface area (Å²) in [5.41, 5.74) is 0.541. The molecule has 0 saturated carbocycles. The van der Waals surface area contributed by atoms with E-state index >= 15 is 0 Å². The van der Waals surface area contributed by atoms with Crippen LogP contribution in [0.3, 0.4) is 0 Å². The van der Waals surface area contributed by atoms with Crippen LogP contribution in [-0.4, -0.2) is 18.4 Å². The highest BCUT2D eigenvalue weighted by atomic mass is 35.5. The third-order valence-electron chi connectivity index (χ3n) is 3.02. The fourth-order valence-corrected chi connectivity index (χ4v) is 2.29. The summed E-state index contributed by atoms with van der Waals surface area (Å²) in [6.07, 6.45) is -2.13. The minimum absolute atomic E-state index is 0.152. The molecule has 0 radical (unpaired) electrons. The van der Waals surface area contributed by atoms with Crippen molar-refractivity contribution in [3.63, 3.8) is 0 Å². The molecule has 1 unspecified atom stereocenters. The first kappa shape index (κ1) is 14.7. The van der Waals surface area contributed by atoms with Crippen LogP contribution < -0.4 is 5.32 Å². The molecule has 112 valence electrons. The van der Waals surface area contributed by atoms with Crippen LogP contribution >= 0.6 is 23.2 Å². The molecule has 2 aromatic carbocycles. The Bertz CT molecular complexity index is 803. The fraction of sp³-hybridized carbons (Fsp3) is 0.0667. The maximum atomic E-state index is 11.8. The second-order valence-corrected chi connectivity index (χ2v) is 5.28. The molecular formula is C15H9Cl2NO4. The zero-order valence-corrected chi connectivity index (χ0v) is 12.5. The maximum absolute atomic E-state index is 11.8. The molecule has 0 aliphatic carbocycles. The van der Waals surface area contributed by atoms with Crippen molar-refractivity contribution in [3.8, 4) is 0 Å². The summed E-state index contributed by atoms with van der Waals surface area (Å²) in [7, 11) is 0. The van der Waals surface area contributed by atoms with E-state index in [2.05, 4.69) is 5.32 Å². The number of amides is 1. The van der Waals surface area contributed by atoms with Gasteiger partial charge in [-0.05, 0) is 22.9 Å². The molecule has 0 fully saturated rings. The highest BCUT2D eigenvalue weighted by molar-refractivity contribution is 6.48. The summed E-state index contributed by atoms with van der Waals surface area (Å²) < 4.78 is 9.62. The van der Waals surface area contributed by atoms with E-state index in [-0.39, 0.29) is 10.1 Å². The van der Waals surface area contributed by atoms with Gasteiger partial charge in [-0.15, -0.1) is 0 Å². The summed E-state index contributed by atoms with van der Waals surface area (Å²) in [5.74, 6) is -0.824. The molecule has 0 aromatic heterocycles. The Morgan fingerprint density at radius 2 is 1.86 bits per heavy atom. The van der Waals surface area contributed by atoms with Crippen LogP contribution in [0, 0.1) is 0 Å². The van der Waals surface area contributed by atoms with Gasteiger partial charge in [0, 0.05) is 5.69 Å². The molecule has 0 saturated heterocycles. The second-order valence-electron chi connectivity index (χ2n) is 4.49. The summed E-state index contributed by atoms with van der Waals surface area (Å²) in [6.45, 7) is 0. The van der Waals surface area contributed by atoms with E-state index in [0.717, 1.165) is 10.8 Å². The third-order valence-corrected chi connectivity index (χ3v) is 3.84. The van der Waals surface area contributed by atoms with E-state index < -0.39 is 18.4 Å². The van der Waals surface area contributed by atoms with Gasteiger partial charge in [-0.2, -0.15) is 0 Å². The quantitative estimate of drug-likeness (QED) is 0.842. The number of rotatable bonds is 2. The number of carbonyl (C=O) groups excluding carboxylic acids is 2. The molecule has 22 heavy (non-hydrogen) atoms. The monoisotopic (exact) mass is 337 g/mol. The van der Waals surface area contributed by atoms with Crippen LogP contribution in [0.1, 0.15) is 0 Å². The van der Waals surface area contributed by atoms with E-state index in [9.17, 15) is 9.59 Å². The zero-order chi connectivity index (χ0) is 15.7. The van der Waals surface area contributed by atoms with Crippen LogP contribution in [0.4, 0.5) is 10.5 Å². The lowest BCUT2D eigenvalue weighted by Gasteiger charge is -2.12. The lowest BCUT2D eigenvalue weighted by molar-refractivity contribution is -0.150. The molecule has 2 aromatic rings. The van der Waals surface area contributed by atoms with E-state index in [1.807, 2.05) is 30.3 Å². The van der Waals surface area contributed by atoms with E-state index in [4.69, 9.17) is 32.7 Å². The summed E-state index contributed by atoms with van der Waals surface area (Å²) in [6, 6.07) is 13.1. The number of esters is 1. The minimum atomic E-state index is -1.32. The number of benzene rings is 2. The number of fused-ring (bicyclic) bond motifs is 1. The van der Waals surface area contributed by atoms with Crippen molar-refractivity contribution in [2.75, 3.05) is 5.32 Å². The lowest BCUT2D eigenvalue weighted by atomic mass is 10.1. The smallest absolute Gasteiger partial charge is 0.415 e. The molecule has 1 N–H and O–H groups in total. The van der Waals surface area contributed by atoms with Crippen molar-refractivity contribution in [3.05, 3.63) is 52.5 Å². The van der Waals surface area contributed by atoms with Crippen molar-refractivity contribution in [2.24, 2.45) is 0 Å². The Hall–Kier alpha value is -2.24. The topological polar surface area (TPSA) is 64.6 Å². The van der Waals surface area contributed by atoms with Gasteiger partial charge in [-0.1, -0.05) is 53.5 Å². The van der Waals surface area contributed by atoms with Crippen molar-refractivity contribution in [1.82, 2.24) is 0 Å². The van der Waals surface area contributed by atoms with Gasteiger partial charge in [0.1, 0.15) is 10.1 Å². The largest absolute Gasteiger partial charge is 0.415 e. The van der Waals surface area contributed by atoms with Gasteiger partial charge in [-0.25, -0.2) is 9.59 Å². The number of hydrogen-bond acceptors (Lipinski definition) is 4. The normalized spacial score (nSPS) is 17.5. The Kier molecular flexibility index (Phi) is 3.92. The first-order valence-electron chi connectivity index (χ1n) is 6.27. The van der Waals surface area contributed by atoms with Gasteiger partial charge >= 0.3 is 12.1 Å². The van der Waals surface area contributed by atoms with Crippen LogP contribution in [0.25, 0.3) is 10.8 Å². The molecule has 1 heterocycles. The highest BCUT2D eigenvalue weighted by Crippen LogP contribution is 2.29. The van der Waals surface area contributed by atoms with Gasteiger partial charge in [-0.3, -0.25) is 5.32 Å². The molecule has 1 amide bonds. The van der Waals surface area contributed by atoms with Crippen molar-refractivity contribution < 1.29 is 19.1 Å². The first-order valence-corrected chi connectivity index (χ1v) is 7.03. The van der Waals surface area contributed by atoms with E-state index in [1.54, 1.807) is 12.1 Å². The van der Waals surface area contributed by atoms with E-state index in [1.165, 1.54) is 0 Å². The number of ether oxygens (including phenoxy) is 2. The van der Waals surface area contributed by atoms with Gasteiger partial charge in [0.15, 0.2) is 0 Å². The van der Waals surface area contributed by atoms with Gasteiger partial charge in [0.05, 0.1) is 0 Å². The molecule has 1 aliphatic rings. The average Bonchev–Trinajstić information content (AvgIpc) is 2.74. The number of anilines is 1. The number of hydrogen-bond donors (Lipinski definition) is 1. The Morgan fingerprint density at radius 3 is 2.55 bits per heavy atom. The van der Waals surface area contributed by atoms with E-state index in [0.29, 0.717) is 5.69 Å². The Labute approximate surface area is 135 Å². The zero-order valence-electron chi connectivity index (χ0n) is 11.0. The van der Waals surface area contributed by atoms with Crippen molar-refractivity contribution in [2.45, 2.75) is 6.29 Å². The van der Waals surface area contributed by atoms with Crippen LogP contribution in [-0.2, 0) is 14.3 Å². The minimum Gasteiger partial charge on any atom is -0.415 e. The second kappa shape index (κ2) is 5.87. The summed E-state index contributed by atoms with van der Waals surface area (Å²) in [4.78, 5) is 23.0. The maximum Gasteiger partial charge on any atom is 0.415 e. The van der Waals surface area contributed by atoms with Crippen molar-refractivity contribution >= 4 is 51.7 Å². The Balaban J connectivity index is 1.70. The number of cyclic esters (lactones) is 1. The molecule has 1 aliphatic heterocycles. The standard InChI is InChI=1S/C15H9Cl2NO4/c16-11-12(17)14(21-13(11)19)22-15(20)18-10-6-5-8-3-1-2-4-9(8)7-10/h1-7,14H,(H,18,20). The third kappa shape index (κ3) is 2.86.